The quantitative estimate of drug-likeness (QED) is 0.590. The Balaban J connectivity index is 3.19. The van der Waals surface area contributed by atoms with Crippen LogP contribution in [0.25, 0.3) is 0 Å². The van der Waals surface area contributed by atoms with Gasteiger partial charge in [-0.15, -0.1) is 11.3 Å². The molecule has 7 heteroatoms. The summed E-state index contributed by atoms with van der Waals surface area (Å²) in [5.41, 5.74) is 0.0577. The van der Waals surface area contributed by atoms with E-state index in [2.05, 4.69) is 0 Å². The average molecular weight is 302 g/mol. The minimum atomic E-state index is -0.700. The van der Waals surface area contributed by atoms with E-state index in [0.29, 0.717) is 23.0 Å². The number of anilines is 1. The molecule has 1 N–H and O–H groups in total. The summed E-state index contributed by atoms with van der Waals surface area (Å²) < 4.78 is 5.09. The molecule has 1 aromatic heterocycles. The Kier molecular flexibility index (Phi) is 6.38. The van der Waals surface area contributed by atoms with Gasteiger partial charge in [0.05, 0.1) is 17.6 Å². The van der Waals surface area contributed by atoms with E-state index in [1.54, 1.807) is 14.0 Å². The van der Waals surface area contributed by atoms with E-state index in [1.165, 1.54) is 17.4 Å². The van der Waals surface area contributed by atoms with Gasteiger partial charge >= 0.3 is 5.69 Å². The number of ether oxygens (including phenoxy) is 1. The lowest BCUT2D eigenvalue weighted by Gasteiger charge is -2.28. The van der Waals surface area contributed by atoms with Crippen molar-refractivity contribution in [1.82, 2.24) is 0 Å². The van der Waals surface area contributed by atoms with Gasteiger partial charge in [-0.1, -0.05) is 6.92 Å². The van der Waals surface area contributed by atoms with E-state index in [-0.39, 0.29) is 16.7 Å². The fourth-order valence-corrected chi connectivity index (χ4v) is 3.06. The molecule has 0 aliphatic carbocycles. The minimum Gasteiger partial charge on any atom is -0.388 e. The van der Waals surface area contributed by atoms with Crippen molar-refractivity contribution in [3.8, 4) is 0 Å². The molecule has 0 amide bonds. The third-order valence-corrected chi connectivity index (χ3v) is 4.57. The van der Waals surface area contributed by atoms with Crippen LogP contribution in [0.4, 0.5) is 10.7 Å². The summed E-state index contributed by atoms with van der Waals surface area (Å²) in [5.74, 6) is 0. The molecule has 2 atom stereocenters. The number of aliphatic hydroxyl groups excluding tert-OH is 1. The molecular formula is C13H22N2O4S. The SMILES string of the molecule is CCC(C)N(CCOC)c1sc([C@H](C)O)cc1[N+](=O)[O-]. The van der Waals surface area contributed by atoms with Crippen LogP contribution in [0.3, 0.4) is 0 Å². The molecule has 1 unspecified atom stereocenters. The van der Waals surface area contributed by atoms with Gasteiger partial charge in [0.1, 0.15) is 0 Å². The number of methoxy groups -OCH3 is 1. The highest BCUT2D eigenvalue weighted by Crippen LogP contribution is 2.41. The summed E-state index contributed by atoms with van der Waals surface area (Å²) in [6.45, 7) is 6.78. The molecule has 6 nitrogen and oxygen atoms in total. The van der Waals surface area contributed by atoms with Gasteiger partial charge in [-0.3, -0.25) is 10.1 Å². The van der Waals surface area contributed by atoms with Crippen molar-refractivity contribution in [3.05, 3.63) is 21.1 Å². The molecule has 0 aliphatic rings. The molecule has 20 heavy (non-hydrogen) atoms. The van der Waals surface area contributed by atoms with Crippen molar-refractivity contribution >= 4 is 22.0 Å². The number of rotatable bonds is 8. The van der Waals surface area contributed by atoms with E-state index >= 15 is 0 Å². The Morgan fingerprint density at radius 3 is 2.65 bits per heavy atom. The molecule has 0 spiro atoms. The zero-order valence-electron chi connectivity index (χ0n) is 12.3. The molecule has 1 aromatic rings. The first kappa shape index (κ1) is 16.9. The first-order valence-electron chi connectivity index (χ1n) is 6.64. The molecule has 0 aromatic carbocycles. The van der Waals surface area contributed by atoms with Crippen LogP contribution in [0.1, 0.15) is 38.2 Å². The third kappa shape index (κ3) is 3.91. The van der Waals surface area contributed by atoms with Crippen molar-refractivity contribution < 1.29 is 14.8 Å². The van der Waals surface area contributed by atoms with E-state index in [0.717, 1.165) is 6.42 Å². The van der Waals surface area contributed by atoms with Crippen LogP contribution in [-0.2, 0) is 4.74 Å². The molecule has 0 bridgehead atoms. The normalized spacial score (nSPS) is 14.1. The fraction of sp³-hybridized carbons (Fsp3) is 0.692. The highest BCUT2D eigenvalue weighted by Gasteiger charge is 2.27. The van der Waals surface area contributed by atoms with Gasteiger partial charge in [0.25, 0.3) is 0 Å². The largest absolute Gasteiger partial charge is 0.388 e. The monoisotopic (exact) mass is 302 g/mol. The maximum absolute atomic E-state index is 11.2. The number of aliphatic hydroxyl groups is 1. The fourth-order valence-electron chi connectivity index (χ4n) is 1.86. The van der Waals surface area contributed by atoms with Gasteiger partial charge in [-0.2, -0.15) is 0 Å². The summed E-state index contributed by atoms with van der Waals surface area (Å²) in [4.78, 5) is 13.4. The third-order valence-electron chi connectivity index (χ3n) is 3.24. The van der Waals surface area contributed by atoms with Crippen LogP contribution in [0, 0.1) is 10.1 Å². The van der Waals surface area contributed by atoms with Crippen molar-refractivity contribution in [2.24, 2.45) is 0 Å². The van der Waals surface area contributed by atoms with Gasteiger partial charge in [0, 0.05) is 30.6 Å². The number of hydrogen-bond acceptors (Lipinski definition) is 6. The Labute approximate surface area is 123 Å². The van der Waals surface area contributed by atoms with Crippen LogP contribution in [0.5, 0.6) is 0 Å². The number of hydrogen-bond donors (Lipinski definition) is 1. The Bertz CT molecular complexity index is 448. The number of nitrogens with zero attached hydrogens (tertiary/aromatic N) is 2. The molecule has 0 fully saturated rings. The average Bonchev–Trinajstić information content (AvgIpc) is 2.84. The molecule has 1 heterocycles. The Hall–Kier alpha value is -1.18. The van der Waals surface area contributed by atoms with Crippen LogP contribution in [0.2, 0.25) is 0 Å². The van der Waals surface area contributed by atoms with Crippen LogP contribution >= 0.6 is 11.3 Å². The molecule has 0 radical (unpaired) electrons. The molecule has 0 saturated heterocycles. The van der Waals surface area contributed by atoms with Gasteiger partial charge in [0.2, 0.25) is 0 Å². The lowest BCUT2D eigenvalue weighted by molar-refractivity contribution is -0.383. The van der Waals surface area contributed by atoms with E-state index < -0.39 is 6.10 Å². The zero-order valence-corrected chi connectivity index (χ0v) is 13.1. The van der Waals surface area contributed by atoms with Crippen LogP contribution < -0.4 is 4.90 Å². The van der Waals surface area contributed by atoms with Crippen molar-refractivity contribution in [2.45, 2.75) is 39.3 Å². The lowest BCUT2D eigenvalue weighted by atomic mass is 10.2. The standard InChI is InChI=1S/C13H22N2O4S/c1-5-9(2)14(6-7-19-4)13-11(15(17)18)8-12(20-13)10(3)16/h8-10,16H,5-7H2,1-4H3/t9?,10-/m0/s1. The topological polar surface area (TPSA) is 75.8 Å². The number of thiophene rings is 1. The maximum atomic E-state index is 11.2. The second-order valence-electron chi connectivity index (χ2n) is 4.72. The lowest BCUT2D eigenvalue weighted by Crippen LogP contribution is -2.35. The second kappa shape index (κ2) is 7.56. The summed E-state index contributed by atoms with van der Waals surface area (Å²) in [5, 5.41) is 21.5. The first-order chi connectivity index (χ1) is 9.42. The predicted octanol–water partition coefficient (Wildman–Crippen LogP) is 2.96. The molecule has 0 saturated carbocycles. The zero-order chi connectivity index (χ0) is 15.3. The van der Waals surface area contributed by atoms with Gasteiger partial charge in [-0.25, -0.2) is 0 Å². The Morgan fingerprint density at radius 1 is 1.55 bits per heavy atom. The van der Waals surface area contributed by atoms with Crippen molar-refractivity contribution in [3.63, 3.8) is 0 Å². The van der Waals surface area contributed by atoms with E-state index in [1.807, 2.05) is 18.7 Å². The molecular weight excluding hydrogens is 280 g/mol. The van der Waals surface area contributed by atoms with Crippen LogP contribution in [0.15, 0.2) is 6.07 Å². The summed E-state index contributed by atoms with van der Waals surface area (Å²) in [6, 6.07) is 1.64. The highest BCUT2D eigenvalue weighted by atomic mass is 32.1. The second-order valence-corrected chi connectivity index (χ2v) is 5.78. The van der Waals surface area contributed by atoms with Crippen LogP contribution in [-0.4, -0.2) is 36.3 Å². The predicted molar refractivity (Wildman–Crippen MR) is 80.6 cm³/mol. The summed E-state index contributed by atoms with van der Waals surface area (Å²) in [6.07, 6.45) is 0.177. The van der Waals surface area contributed by atoms with Crippen molar-refractivity contribution in [2.75, 3.05) is 25.2 Å². The summed E-state index contributed by atoms with van der Waals surface area (Å²) in [7, 11) is 1.61. The molecule has 1 rings (SSSR count). The summed E-state index contributed by atoms with van der Waals surface area (Å²) >= 11 is 1.28. The molecule has 114 valence electrons. The molecule has 0 aliphatic heterocycles. The van der Waals surface area contributed by atoms with E-state index in [9.17, 15) is 15.2 Å². The minimum absolute atomic E-state index is 0.0577. The number of nitro groups is 1. The van der Waals surface area contributed by atoms with Gasteiger partial charge < -0.3 is 14.7 Å². The maximum Gasteiger partial charge on any atom is 0.304 e. The van der Waals surface area contributed by atoms with Gasteiger partial charge in [-0.05, 0) is 20.3 Å². The van der Waals surface area contributed by atoms with Crippen molar-refractivity contribution in [1.29, 1.82) is 0 Å². The smallest absolute Gasteiger partial charge is 0.304 e. The Morgan fingerprint density at radius 2 is 2.20 bits per heavy atom. The van der Waals surface area contributed by atoms with Gasteiger partial charge in [0.15, 0.2) is 5.00 Å². The highest BCUT2D eigenvalue weighted by molar-refractivity contribution is 7.16. The first-order valence-corrected chi connectivity index (χ1v) is 7.45. The van der Waals surface area contributed by atoms with E-state index in [4.69, 9.17) is 4.74 Å².